The molecule has 1 aromatic rings. The van der Waals surface area contributed by atoms with Crippen LogP contribution in [0.2, 0.25) is 0 Å². The molecule has 0 spiro atoms. The first-order chi connectivity index (χ1) is 4.72. The molecule has 1 rings (SSSR count). The highest BCUT2D eigenvalue weighted by molar-refractivity contribution is 9.10. The van der Waals surface area contributed by atoms with Gasteiger partial charge in [0.25, 0.3) is 0 Å². The number of hydrogen-bond donors (Lipinski definition) is 2. The van der Waals surface area contributed by atoms with Gasteiger partial charge in [-0.05, 0) is 6.07 Å². The molecular formula is C6H7BrN2O. The van der Waals surface area contributed by atoms with E-state index in [4.69, 9.17) is 5.73 Å². The van der Waals surface area contributed by atoms with Gasteiger partial charge >= 0.3 is 0 Å². The van der Waals surface area contributed by atoms with Crippen molar-refractivity contribution in [1.29, 1.82) is 0 Å². The normalized spacial score (nSPS) is 9.80. The molecule has 3 N–H and O–H groups in total. The summed E-state index contributed by atoms with van der Waals surface area (Å²) in [5.74, 6) is 0. The van der Waals surface area contributed by atoms with Crippen LogP contribution >= 0.6 is 15.9 Å². The van der Waals surface area contributed by atoms with Crippen LogP contribution in [0.3, 0.4) is 0 Å². The second-order valence-electron chi connectivity index (χ2n) is 1.89. The van der Waals surface area contributed by atoms with Gasteiger partial charge in [-0.3, -0.25) is 4.79 Å². The first-order valence-electron chi connectivity index (χ1n) is 2.81. The minimum absolute atomic E-state index is 0.130. The largest absolute Gasteiger partial charge is 0.325 e. The van der Waals surface area contributed by atoms with Crippen molar-refractivity contribution in [3.63, 3.8) is 0 Å². The predicted molar refractivity (Wildman–Crippen MR) is 42.7 cm³/mol. The van der Waals surface area contributed by atoms with Crippen LogP contribution in [0.5, 0.6) is 0 Å². The maximum atomic E-state index is 10.7. The number of hydrogen-bond acceptors (Lipinski definition) is 2. The summed E-state index contributed by atoms with van der Waals surface area (Å²) >= 11 is 3.18. The van der Waals surface area contributed by atoms with Crippen LogP contribution in [0.1, 0.15) is 5.69 Å². The minimum atomic E-state index is -0.130. The number of pyridine rings is 1. The molecule has 10 heavy (non-hydrogen) atoms. The summed E-state index contributed by atoms with van der Waals surface area (Å²) in [5.41, 5.74) is 5.90. The molecule has 0 saturated heterocycles. The molecule has 0 amide bonds. The molecular weight excluding hydrogens is 196 g/mol. The van der Waals surface area contributed by atoms with Crippen molar-refractivity contribution in [3.8, 4) is 0 Å². The van der Waals surface area contributed by atoms with Crippen molar-refractivity contribution in [1.82, 2.24) is 4.98 Å². The van der Waals surface area contributed by atoms with E-state index < -0.39 is 0 Å². The number of halogens is 1. The van der Waals surface area contributed by atoms with Crippen LogP contribution < -0.4 is 11.3 Å². The van der Waals surface area contributed by atoms with Gasteiger partial charge in [0.1, 0.15) is 0 Å². The van der Waals surface area contributed by atoms with E-state index in [0.29, 0.717) is 6.54 Å². The third-order valence-corrected chi connectivity index (χ3v) is 1.54. The highest BCUT2D eigenvalue weighted by Gasteiger charge is 1.92. The molecule has 54 valence electrons. The maximum Gasteiger partial charge on any atom is 0.249 e. The van der Waals surface area contributed by atoms with E-state index in [1.807, 2.05) is 0 Å². The van der Waals surface area contributed by atoms with Gasteiger partial charge in [0.2, 0.25) is 5.56 Å². The first-order valence-corrected chi connectivity index (χ1v) is 3.60. The van der Waals surface area contributed by atoms with Crippen LogP contribution in [0, 0.1) is 0 Å². The Labute approximate surface area is 66.4 Å². The Kier molecular flexibility index (Phi) is 2.24. The lowest BCUT2D eigenvalue weighted by molar-refractivity contribution is 0.969. The van der Waals surface area contributed by atoms with Crippen molar-refractivity contribution < 1.29 is 0 Å². The Morgan fingerprint density at radius 3 is 2.80 bits per heavy atom. The fourth-order valence-corrected chi connectivity index (χ4v) is 1.16. The topological polar surface area (TPSA) is 58.9 Å². The third-order valence-electron chi connectivity index (χ3n) is 1.08. The molecule has 0 aromatic carbocycles. The molecule has 0 aliphatic carbocycles. The van der Waals surface area contributed by atoms with Crippen molar-refractivity contribution in [2.75, 3.05) is 0 Å². The fourth-order valence-electron chi connectivity index (χ4n) is 0.674. The quantitative estimate of drug-likeness (QED) is 0.701. The van der Waals surface area contributed by atoms with Gasteiger partial charge in [-0.2, -0.15) is 0 Å². The number of nitrogens with one attached hydrogen (secondary N) is 1. The van der Waals surface area contributed by atoms with Crippen LogP contribution in [0.4, 0.5) is 0 Å². The van der Waals surface area contributed by atoms with E-state index in [-0.39, 0.29) is 5.56 Å². The number of H-pyrrole nitrogens is 1. The van der Waals surface area contributed by atoms with Crippen LogP contribution in [-0.2, 0) is 6.54 Å². The maximum absolute atomic E-state index is 10.7. The molecule has 0 bridgehead atoms. The fraction of sp³-hybridized carbons (Fsp3) is 0.167. The SMILES string of the molecule is NCc1cc(Br)cc(=O)[nH]1. The van der Waals surface area contributed by atoms with Gasteiger partial charge in [0, 0.05) is 22.8 Å². The Balaban J connectivity index is 3.19. The lowest BCUT2D eigenvalue weighted by atomic mass is 10.3. The molecule has 1 aromatic heterocycles. The van der Waals surface area contributed by atoms with E-state index in [1.54, 1.807) is 6.07 Å². The first kappa shape index (κ1) is 7.50. The van der Waals surface area contributed by atoms with E-state index in [9.17, 15) is 4.79 Å². The van der Waals surface area contributed by atoms with Gasteiger partial charge in [-0.1, -0.05) is 15.9 Å². The summed E-state index contributed by atoms with van der Waals surface area (Å²) in [6.45, 7) is 0.356. The molecule has 0 unspecified atom stereocenters. The van der Waals surface area contributed by atoms with E-state index >= 15 is 0 Å². The van der Waals surface area contributed by atoms with Crippen molar-refractivity contribution in [3.05, 3.63) is 32.7 Å². The molecule has 0 radical (unpaired) electrons. The second kappa shape index (κ2) is 2.98. The highest BCUT2D eigenvalue weighted by Crippen LogP contribution is 2.05. The summed E-state index contributed by atoms with van der Waals surface area (Å²) in [7, 11) is 0. The summed E-state index contributed by atoms with van der Waals surface area (Å²) < 4.78 is 0.761. The Hall–Kier alpha value is -0.610. The zero-order chi connectivity index (χ0) is 7.56. The minimum Gasteiger partial charge on any atom is -0.325 e. The van der Waals surface area contributed by atoms with Gasteiger partial charge in [-0.15, -0.1) is 0 Å². The van der Waals surface area contributed by atoms with Crippen molar-refractivity contribution in [2.24, 2.45) is 5.73 Å². The predicted octanol–water partition coefficient (Wildman–Crippen LogP) is 0.596. The number of rotatable bonds is 1. The van der Waals surface area contributed by atoms with Gasteiger partial charge < -0.3 is 10.7 Å². The second-order valence-corrected chi connectivity index (χ2v) is 2.81. The van der Waals surface area contributed by atoms with Crippen LogP contribution in [0.15, 0.2) is 21.4 Å². The zero-order valence-electron chi connectivity index (χ0n) is 5.23. The molecule has 0 saturated carbocycles. The lowest BCUT2D eigenvalue weighted by Gasteiger charge is -1.94. The Bertz CT molecular complexity index is 281. The highest BCUT2D eigenvalue weighted by atomic mass is 79.9. The van der Waals surface area contributed by atoms with E-state index in [0.717, 1.165) is 10.2 Å². The van der Waals surface area contributed by atoms with E-state index in [2.05, 4.69) is 20.9 Å². The third kappa shape index (κ3) is 1.68. The molecule has 4 heteroatoms. The Morgan fingerprint density at radius 2 is 2.30 bits per heavy atom. The Morgan fingerprint density at radius 1 is 1.60 bits per heavy atom. The van der Waals surface area contributed by atoms with Gasteiger partial charge in [-0.25, -0.2) is 0 Å². The lowest BCUT2D eigenvalue weighted by Crippen LogP contribution is -2.10. The molecule has 0 fully saturated rings. The zero-order valence-corrected chi connectivity index (χ0v) is 6.81. The van der Waals surface area contributed by atoms with Crippen LogP contribution in [-0.4, -0.2) is 4.98 Å². The summed E-state index contributed by atoms with van der Waals surface area (Å²) in [6.07, 6.45) is 0. The number of aromatic amines is 1. The summed E-state index contributed by atoms with van der Waals surface area (Å²) in [5, 5.41) is 0. The van der Waals surface area contributed by atoms with Crippen LogP contribution in [0.25, 0.3) is 0 Å². The molecule has 0 aliphatic rings. The standard InChI is InChI=1S/C6H7BrN2O/c7-4-1-5(3-8)9-6(10)2-4/h1-2H,3,8H2,(H,9,10). The molecule has 0 aliphatic heterocycles. The summed E-state index contributed by atoms with van der Waals surface area (Å²) in [4.78, 5) is 13.3. The number of aromatic nitrogens is 1. The van der Waals surface area contributed by atoms with Gasteiger partial charge in [0.15, 0.2) is 0 Å². The average molecular weight is 203 g/mol. The molecule has 1 heterocycles. The van der Waals surface area contributed by atoms with Crippen molar-refractivity contribution >= 4 is 15.9 Å². The van der Waals surface area contributed by atoms with Gasteiger partial charge in [0.05, 0.1) is 0 Å². The summed E-state index contributed by atoms with van der Waals surface area (Å²) in [6, 6.07) is 3.24. The number of nitrogens with two attached hydrogens (primary N) is 1. The smallest absolute Gasteiger partial charge is 0.249 e. The monoisotopic (exact) mass is 202 g/mol. The molecule has 0 atom stereocenters. The average Bonchev–Trinajstić information content (AvgIpc) is 1.85. The van der Waals surface area contributed by atoms with Crippen molar-refractivity contribution in [2.45, 2.75) is 6.54 Å². The molecule has 3 nitrogen and oxygen atoms in total. The van der Waals surface area contributed by atoms with E-state index in [1.165, 1.54) is 6.07 Å².